The maximum Gasteiger partial charge on any atom is 0.159 e. The van der Waals surface area contributed by atoms with Crippen LogP contribution in [0.3, 0.4) is 0 Å². The first-order valence-electron chi connectivity index (χ1n) is 8.37. The van der Waals surface area contributed by atoms with Gasteiger partial charge in [0, 0.05) is 18.4 Å². The second-order valence-electron chi connectivity index (χ2n) is 5.97. The zero-order chi connectivity index (χ0) is 16.2. The van der Waals surface area contributed by atoms with Crippen molar-refractivity contribution in [3.05, 3.63) is 78.4 Å². The molecule has 1 aliphatic heterocycles. The Labute approximate surface area is 142 Å². The molecular weight excluding hydrogens is 296 g/mol. The average Bonchev–Trinajstić information content (AvgIpc) is 3.17. The van der Waals surface area contributed by atoms with E-state index in [-0.39, 0.29) is 6.10 Å². The molecule has 0 saturated carbocycles. The van der Waals surface area contributed by atoms with Crippen LogP contribution in [-0.4, -0.2) is 25.0 Å². The molecule has 1 N–H and O–H groups in total. The predicted molar refractivity (Wildman–Crippen MR) is 98.8 cm³/mol. The van der Waals surface area contributed by atoms with E-state index in [0.717, 1.165) is 36.5 Å². The number of nitrogens with zero attached hydrogens (tertiary/aromatic N) is 1. The molecule has 1 atom stereocenters. The molecule has 3 aromatic carbocycles. The molecular formula is C21H20N2O. The van der Waals surface area contributed by atoms with Crippen molar-refractivity contribution in [3.8, 4) is 5.75 Å². The van der Waals surface area contributed by atoms with Crippen molar-refractivity contribution in [3.63, 3.8) is 0 Å². The number of hydrogen-bond acceptors (Lipinski definition) is 3. The zero-order valence-corrected chi connectivity index (χ0v) is 13.5. The largest absolute Gasteiger partial charge is 0.482 e. The molecule has 120 valence electrons. The number of aliphatic imine (C=N–C) groups is 1. The molecule has 3 aromatic rings. The van der Waals surface area contributed by atoms with Crippen molar-refractivity contribution >= 4 is 16.6 Å². The maximum absolute atomic E-state index is 6.42. The maximum atomic E-state index is 6.42. The van der Waals surface area contributed by atoms with Crippen LogP contribution in [0.15, 0.2) is 77.8 Å². The van der Waals surface area contributed by atoms with Crippen LogP contribution in [-0.2, 0) is 6.42 Å². The van der Waals surface area contributed by atoms with Crippen LogP contribution in [0.2, 0.25) is 0 Å². The lowest BCUT2D eigenvalue weighted by Crippen LogP contribution is -2.37. The van der Waals surface area contributed by atoms with Crippen LogP contribution in [0.5, 0.6) is 5.75 Å². The summed E-state index contributed by atoms with van der Waals surface area (Å²) in [5.74, 6) is 1.86. The lowest BCUT2D eigenvalue weighted by Gasteiger charge is -2.21. The summed E-state index contributed by atoms with van der Waals surface area (Å²) in [6.45, 7) is 1.71. The molecule has 3 nitrogen and oxygen atoms in total. The number of amidine groups is 1. The fourth-order valence-electron chi connectivity index (χ4n) is 3.11. The van der Waals surface area contributed by atoms with Crippen LogP contribution in [0.1, 0.15) is 5.56 Å². The van der Waals surface area contributed by atoms with Crippen molar-refractivity contribution in [1.82, 2.24) is 5.32 Å². The first-order valence-corrected chi connectivity index (χ1v) is 8.37. The van der Waals surface area contributed by atoms with Crippen molar-refractivity contribution in [2.75, 3.05) is 13.1 Å². The summed E-state index contributed by atoms with van der Waals surface area (Å²) in [7, 11) is 0. The van der Waals surface area contributed by atoms with E-state index in [1.165, 1.54) is 10.9 Å². The quantitative estimate of drug-likeness (QED) is 0.776. The number of hydrogen-bond donors (Lipinski definition) is 1. The second-order valence-corrected chi connectivity index (χ2v) is 5.97. The molecule has 0 aliphatic carbocycles. The van der Waals surface area contributed by atoms with Gasteiger partial charge in [0.05, 0.1) is 6.54 Å². The summed E-state index contributed by atoms with van der Waals surface area (Å²) in [6.07, 6.45) is 0.705. The normalized spacial score (nSPS) is 14.9. The average molecular weight is 316 g/mol. The SMILES string of the molecule is c1ccc(CC(Oc2cccc3ccccc23)C2=NCCN2)cc1. The van der Waals surface area contributed by atoms with E-state index >= 15 is 0 Å². The van der Waals surface area contributed by atoms with Gasteiger partial charge >= 0.3 is 0 Å². The molecule has 0 spiro atoms. The molecule has 0 amide bonds. The fourth-order valence-corrected chi connectivity index (χ4v) is 3.11. The summed E-state index contributed by atoms with van der Waals surface area (Å²) >= 11 is 0. The summed E-state index contributed by atoms with van der Waals surface area (Å²) in [5.41, 5.74) is 1.25. The number of rotatable bonds is 5. The van der Waals surface area contributed by atoms with Crippen LogP contribution in [0, 0.1) is 0 Å². The smallest absolute Gasteiger partial charge is 0.159 e. The number of nitrogens with one attached hydrogen (secondary N) is 1. The van der Waals surface area contributed by atoms with Crippen molar-refractivity contribution in [2.24, 2.45) is 4.99 Å². The van der Waals surface area contributed by atoms with Gasteiger partial charge in [-0.05, 0) is 17.0 Å². The second kappa shape index (κ2) is 6.75. The van der Waals surface area contributed by atoms with E-state index in [9.17, 15) is 0 Å². The Kier molecular flexibility index (Phi) is 4.15. The highest BCUT2D eigenvalue weighted by molar-refractivity contribution is 5.91. The molecule has 0 saturated heterocycles. The molecule has 0 aromatic heterocycles. The first-order chi connectivity index (χ1) is 11.9. The standard InChI is InChI=1S/C21H20N2O/c1-2-7-16(8-3-1)15-20(21-22-13-14-23-21)24-19-12-6-10-17-9-4-5-11-18(17)19/h1-12,20H,13-15H2,(H,22,23). The summed E-state index contributed by atoms with van der Waals surface area (Å²) in [6, 6.07) is 24.9. The summed E-state index contributed by atoms with van der Waals surface area (Å²) in [4.78, 5) is 4.59. The van der Waals surface area contributed by atoms with E-state index in [1.807, 2.05) is 24.3 Å². The molecule has 1 unspecified atom stereocenters. The number of benzene rings is 3. The van der Waals surface area contributed by atoms with Gasteiger partial charge in [-0.3, -0.25) is 4.99 Å². The van der Waals surface area contributed by atoms with Gasteiger partial charge in [-0.2, -0.15) is 0 Å². The Morgan fingerprint density at radius 2 is 1.71 bits per heavy atom. The van der Waals surface area contributed by atoms with Crippen molar-refractivity contribution < 1.29 is 4.74 Å². The van der Waals surface area contributed by atoms with E-state index < -0.39 is 0 Å². The number of fused-ring (bicyclic) bond motifs is 1. The lowest BCUT2D eigenvalue weighted by molar-refractivity contribution is 0.267. The van der Waals surface area contributed by atoms with Crippen LogP contribution < -0.4 is 10.1 Å². The van der Waals surface area contributed by atoms with E-state index in [2.05, 4.69) is 58.8 Å². The fraction of sp³-hybridized carbons (Fsp3) is 0.190. The van der Waals surface area contributed by atoms with Crippen LogP contribution in [0.25, 0.3) is 10.8 Å². The summed E-state index contributed by atoms with van der Waals surface area (Å²) < 4.78 is 6.42. The Morgan fingerprint density at radius 1 is 0.917 bits per heavy atom. The van der Waals surface area contributed by atoms with Gasteiger partial charge in [0.1, 0.15) is 11.6 Å². The summed E-state index contributed by atoms with van der Waals surface area (Å²) in [5, 5.41) is 5.70. The Bertz CT molecular complexity index is 853. The molecule has 0 bridgehead atoms. The highest BCUT2D eigenvalue weighted by Crippen LogP contribution is 2.27. The minimum Gasteiger partial charge on any atom is -0.482 e. The topological polar surface area (TPSA) is 33.6 Å². The molecule has 24 heavy (non-hydrogen) atoms. The van der Waals surface area contributed by atoms with Crippen LogP contribution >= 0.6 is 0 Å². The number of ether oxygens (including phenoxy) is 1. The molecule has 3 heteroatoms. The van der Waals surface area contributed by atoms with Gasteiger partial charge in [0.2, 0.25) is 0 Å². The molecule has 0 radical (unpaired) electrons. The Hall–Kier alpha value is -2.81. The van der Waals surface area contributed by atoms with Crippen molar-refractivity contribution in [1.29, 1.82) is 0 Å². The zero-order valence-electron chi connectivity index (χ0n) is 13.5. The third-order valence-electron chi connectivity index (χ3n) is 4.29. The van der Waals surface area contributed by atoms with Gasteiger partial charge in [0.15, 0.2) is 6.10 Å². The van der Waals surface area contributed by atoms with E-state index in [0.29, 0.717) is 0 Å². The molecule has 1 heterocycles. The minimum absolute atomic E-state index is 0.0966. The predicted octanol–water partition coefficient (Wildman–Crippen LogP) is 3.83. The van der Waals surface area contributed by atoms with Gasteiger partial charge in [-0.1, -0.05) is 66.7 Å². The van der Waals surface area contributed by atoms with Crippen LogP contribution in [0.4, 0.5) is 0 Å². The van der Waals surface area contributed by atoms with Gasteiger partial charge in [-0.25, -0.2) is 0 Å². The highest BCUT2D eigenvalue weighted by atomic mass is 16.5. The third-order valence-corrected chi connectivity index (χ3v) is 4.29. The molecule has 4 rings (SSSR count). The first kappa shape index (κ1) is 14.8. The Morgan fingerprint density at radius 3 is 2.54 bits per heavy atom. The van der Waals surface area contributed by atoms with E-state index in [1.54, 1.807) is 0 Å². The van der Waals surface area contributed by atoms with Gasteiger partial charge < -0.3 is 10.1 Å². The van der Waals surface area contributed by atoms with E-state index in [4.69, 9.17) is 4.74 Å². The van der Waals surface area contributed by atoms with Gasteiger partial charge in [0.25, 0.3) is 0 Å². The third kappa shape index (κ3) is 3.11. The molecule has 0 fully saturated rings. The molecule has 1 aliphatic rings. The Balaban J connectivity index is 1.66. The lowest BCUT2D eigenvalue weighted by atomic mass is 10.1. The highest BCUT2D eigenvalue weighted by Gasteiger charge is 2.21. The van der Waals surface area contributed by atoms with Gasteiger partial charge in [-0.15, -0.1) is 0 Å². The monoisotopic (exact) mass is 316 g/mol. The minimum atomic E-state index is -0.0966. The van der Waals surface area contributed by atoms with Crippen molar-refractivity contribution in [2.45, 2.75) is 12.5 Å².